The van der Waals surface area contributed by atoms with Crippen LogP contribution in [0.1, 0.15) is 13.3 Å². The van der Waals surface area contributed by atoms with Gasteiger partial charge in [0.25, 0.3) is 0 Å². The molecule has 0 unspecified atom stereocenters. The molecule has 3 rings (SSSR count). The number of hydrogen-bond acceptors (Lipinski definition) is 5. The fourth-order valence-corrected chi connectivity index (χ4v) is 3.76. The number of anilines is 2. The molecule has 2 amide bonds. The summed E-state index contributed by atoms with van der Waals surface area (Å²) < 4.78 is 4.74. The lowest BCUT2D eigenvalue weighted by Crippen LogP contribution is -2.48. The zero-order valence-corrected chi connectivity index (χ0v) is 15.7. The fraction of sp³-hybridized carbons (Fsp3) is 0.500. The van der Waals surface area contributed by atoms with Crippen molar-refractivity contribution in [3.8, 4) is 0 Å². The maximum atomic E-state index is 12.2. The van der Waals surface area contributed by atoms with Crippen LogP contribution >= 0.6 is 11.6 Å². The third-order valence-electron chi connectivity index (χ3n) is 4.97. The smallest absolute Gasteiger partial charge is 0.311 e. The summed E-state index contributed by atoms with van der Waals surface area (Å²) in [6.45, 7) is 4.64. The number of rotatable bonds is 3. The topological polar surface area (TPSA) is 70.2 Å². The number of piperazine rings is 1. The van der Waals surface area contributed by atoms with E-state index in [1.807, 2.05) is 17.0 Å². The second-order valence-electron chi connectivity index (χ2n) is 6.56. The van der Waals surface area contributed by atoms with Gasteiger partial charge < -0.3 is 19.4 Å². The number of carbonyl (C=O) groups excluding carboxylic acids is 3. The summed E-state index contributed by atoms with van der Waals surface area (Å²) in [7, 11) is 1.33. The average Bonchev–Trinajstić information content (AvgIpc) is 3.03. The molecule has 2 aliphatic rings. The molecule has 0 saturated carbocycles. The first-order valence-electron chi connectivity index (χ1n) is 8.59. The maximum absolute atomic E-state index is 12.2. The summed E-state index contributed by atoms with van der Waals surface area (Å²) in [5, 5.41) is 0.549. The zero-order chi connectivity index (χ0) is 18.8. The molecule has 1 aromatic carbocycles. The van der Waals surface area contributed by atoms with Crippen LogP contribution in [0.3, 0.4) is 0 Å². The quantitative estimate of drug-likeness (QED) is 0.745. The van der Waals surface area contributed by atoms with E-state index in [4.69, 9.17) is 16.3 Å². The molecule has 1 atom stereocenters. The highest BCUT2D eigenvalue weighted by Crippen LogP contribution is 2.33. The fourth-order valence-electron chi connectivity index (χ4n) is 3.46. The first kappa shape index (κ1) is 18.5. The molecule has 0 bridgehead atoms. The second-order valence-corrected chi connectivity index (χ2v) is 6.96. The Morgan fingerprint density at radius 1 is 1.19 bits per heavy atom. The third-order valence-corrected chi connectivity index (χ3v) is 5.27. The van der Waals surface area contributed by atoms with Crippen molar-refractivity contribution >= 4 is 40.8 Å². The van der Waals surface area contributed by atoms with Gasteiger partial charge in [0.1, 0.15) is 0 Å². The van der Waals surface area contributed by atoms with Crippen molar-refractivity contribution in [3.63, 3.8) is 0 Å². The Bertz CT molecular complexity index is 731. The Labute approximate surface area is 157 Å². The minimum absolute atomic E-state index is 0.0822. The van der Waals surface area contributed by atoms with Crippen LogP contribution in [0, 0.1) is 5.92 Å². The Morgan fingerprint density at radius 3 is 2.46 bits per heavy atom. The van der Waals surface area contributed by atoms with Crippen LogP contribution in [0.15, 0.2) is 18.2 Å². The third kappa shape index (κ3) is 3.62. The van der Waals surface area contributed by atoms with Gasteiger partial charge >= 0.3 is 5.97 Å². The first-order valence-corrected chi connectivity index (χ1v) is 8.96. The van der Waals surface area contributed by atoms with Gasteiger partial charge in [-0.05, 0) is 18.2 Å². The SMILES string of the molecule is COC(=O)[C@H]1CC(=O)N(c2ccc(N3CCN(C(C)=O)CC3)c(Cl)c2)C1. The van der Waals surface area contributed by atoms with Crippen LogP contribution in [-0.2, 0) is 19.1 Å². The lowest BCUT2D eigenvalue weighted by Gasteiger charge is -2.36. The van der Waals surface area contributed by atoms with Crippen LogP contribution in [0.25, 0.3) is 0 Å². The molecule has 140 valence electrons. The summed E-state index contributed by atoms with van der Waals surface area (Å²) in [5.74, 6) is -0.837. The number of hydrogen-bond donors (Lipinski definition) is 0. The van der Waals surface area contributed by atoms with E-state index in [-0.39, 0.29) is 24.2 Å². The lowest BCUT2D eigenvalue weighted by atomic mass is 10.1. The Balaban J connectivity index is 1.71. The van der Waals surface area contributed by atoms with Crippen LogP contribution in [0.5, 0.6) is 0 Å². The first-order chi connectivity index (χ1) is 12.4. The highest BCUT2D eigenvalue weighted by Gasteiger charge is 2.36. The van der Waals surface area contributed by atoms with Gasteiger partial charge in [0, 0.05) is 51.8 Å². The van der Waals surface area contributed by atoms with Crippen molar-refractivity contribution in [2.24, 2.45) is 5.92 Å². The summed E-state index contributed by atoms with van der Waals surface area (Å²) >= 11 is 6.46. The number of esters is 1. The molecule has 1 aromatic rings. The Kier molecular flexibility index (Phi) is 5.36. The van der Waals surface area contributed by atoms with Crippen LogP contribution < -0.4 is 9.80 Å². The summed E-state index contributed by atoms with van der Waals surface area (Å²) in [4.78, 5) is 40.9. The number of amides is 2. The summed E-state index contributed by atoms with van der Waals surface area (Å²) in [6.07, 6.45) is 0.152. The Hall–Kier alpha value is -2.28. The number of nitrogens with zero attached hydrogens (tertiary/aromatic N) is 3. The molecule has 2 aliphatic heterocycles. The molecule has 0 aromatic heterocycles. The normalized spacial score (nSPS) is 20.5. The standard InChI is InChI=1S/C18H22ClN3O4/c1-12(23)20-5-7-21(8-6-20)16-4-3-14(10-15(16)19)22-11-13(9-17(22)24)18(25)26-2/h3-4,10,13H,5-9,11H2,1-2H3/t13-/m0/s1. The predicted molar refractivity (Wildman–Crippen MR) is 98.4 cm³/mol. The molecule has 0 radical (unpaired) electrons. The molecule has 2 saturated heterocycles. The van der Waals surface area contributed by atoms with E-state index in [0.717, 1.165) is 5.69 Å². The van der Waals surface area contributed by atoms with Crippen molar-refractivity contribution in [1.29, 1.82) is 0 Å². The zero-order valence-electron chi connectivity index (χ0n) is 14.9. The monoisotopic (exact) mass is 379 g/mol. The molecule has 0 N–H and O–H groups in total. The van der Waals surface area contributed by atoms with E-state index in [2.05, 4.69) is 4.90 Å². The van der Waals surface area contributed by atoms with Gasteiger partial charge in [-0.15, -0.1) is 0 Å². The number of halogens is 1. The van der Waals surface area contributed by atoms with Crippen molar-refractivity contribution in [1.82, 2.24) is 4.90 Å². The molecular weight excluding hydrogens is 358 g/mol. The molecule has 2 heterocycles. The van der Waals surface area contributed by atoms with E-state index < -0.39 is 5.92 Å². The summed E-state index contributed by atoms with van der Waals surface area (Å²) in [6, 6.07) is 5.49. The molecule has 8 heteroatoms. The highest BCUT2D eigenvalue weighted by molar-refractivity contribution is 6.33. The van der Waals surface area contributed by atoms with Crippen molar-refractivity contribution in [2.45, 2.75) is 13.3 Å². The van der Waals surface area contributed by atoms with Gasteiger partial charge in [-0.3, -0.25) is 14.4 Å². The molecule has 0 aliphatic carbocycles. The number of methoxy groups -OCH3 is 1. The van der Waals surface area contributed by atoms with E-state index in [9.17, 15) is 14.4 Å². The van der Waals surface area contributed by atoms with E-state index in [1.165, 1.54) is 7.11 Å². The van der Waals surface area contributed by atoms with Gasteiger partial charge in [0.05, 0.1) is 23.7 Å². The number of ether oxygens (including phenoxy) is 1. The van der Waals surface area contributed by atoms with Gasteiger partial charge in [0.2, 0.25) is 11.8 Å². The molecule has 26 heavy (non-hydrogen) atoms. The highest BCUT2D eigenvalue weighted by atomic mass is 35.5. The van der Waals surface area contributed by atoms with Crippen molar-refractivity contribution < 1.29 is 19.1 Å². The molecule has 0 spiro atoms. The number of carbonyl (C=O) groups is 3. The van der Waals surface area contributed by atoms with Crippen molar-refractivity contribution in [3.05, 3.63) is 23.2 Å². The lowest BCUT2D eigenvalue weighted by molar-refractivity contribution is -0.145. The van der Waals surface area contributed by atoms with E-state index >= 15 is 0 Å². The summed E-state index contributed by atoms with van der Waals surface area (Å²) in [5.41, 5.74) is 1.56. The van der Waals surface area contributed by atoms with Crippen LogP contribution in [0.2, 0.25) is 5.02 Å². The van der Waals surface area contributed by atoms with Gasteiger partial charge in [-0.2, -0.15) is 0 Å². The van der Waals surface area contributed by atoms with E-state index in [0.29, 0.717) is 43.4 Å². The van der Waals surface area contributed by atoms with Crippen LogP contribution in [0.4, 0.5) is 11.4 Å². The largest absolute Gasteiger partial charge is 0.469 e. The maximum Gasteiger partial charge on any atom is 0.311 e. The van der Waals surface area contributed by atoms with Gasteiger partial charge in [0.15, 0.2) is 0 Å². The second kappa shape index (κ2) is 7.53. The Morgan fingerprint density at radius 2 is 1.88 bits per heavy atom. The van der Waals surface area contributed by atoms with Gasteiger partial charge in [-0.1, -0.05) is 11.6 Å². The minimum atomic E-state index is -0.439. The molecular formula is C18H22ClN3O4. The van der Waals surface area contributed by atoms with Gasteiger partial charge in [-0.25, -0.2) is 0 Å². The van der Waals surface area contributed by atoms with Crippen LogP contribution in [-0.4, -0.2) is 62.5 Å². The number of benzene rings is 1. The van der Waals surface area contributed by atoms with Crippen molar-refractivity contribution in [2.75, 3.05) is 49.6 Å². The minimum Gasteiger partial charge on any atom is -0.469 e. The molecule has 2 fully saturated rings. The van der Waals surface area contributed by atoms with E-state index in [1.54, 1.807) is 17.9 Å². The average molecular weight is 380 g/mol. The predicted octanol–water partition coefficient (Wildman–Crippen LogP) is 1.53. The molecule has 7 nitrogen and oxygen atoms in total.